The number of halogens is 1. The van der Waals surface area contributed by atoms with E-state index < -0.39 is 0 Å². The van der Waals surface area contributed by atoms with Crippen molar-refractivity contribution in [3.63, 3.8) is 0 Å². The van der Waals surface area contributed by atoms with Crippen molar-refractivity contribution in [2.45, 2.75) is 0 Å². The normalized spacial score (nSPS) is 7.37. The molecule has 3 heteroatoms. The van der Waals surface area contributed by atoms with Crippen LogP contribution in [0.25, 0.3) is 0 Å². The molecule has 0 fully saturated rings. The molecule has 0 aliphatic rings. The molecule has 3 aromatic carbocycles. The van der Waals surface area contributed by atoms with Crippen molar-refractivity contribution < 1.29 is 43.7 Å². The van der Waals surface area contributed by atoms with Gasteiger partial charge in [0.1, 0.15) is 5.75 Å². The molecule has 1 radical (unpaired) electrons. The van der Waals surface area contributed by atoms with Gasteiger partial charge in [0.2, 0.25) is 0 Å². The molecular weight excluding hydrogens is 335 g/mol. The van der Waals surface area contributed by atoms with Gasteiger partial charge in [0.15, 0.2) is 0 Å². The minimum absolute atomic E-state index is 0. The molecule has 3 aromatic rings. The predicted octanol–water partition coefficient (Wildman–Crippen LogP) is 1.20. The summed E-state index contributed by atoms with van der Waals surface area (Å²) in [4.78, 5) is 0. The summed E-state index contributed by atoms with van der Waals surface area (Å²) in [6, 6.07) is 28.7. The van der Waals surface area contributed by atoms with E-state index in [0.717, 1.165) is 0 Å². The minimum Gasteiger partial charge on any atom is -1.00 e. The Labute approximate surface area is 140 Å². The Morgan fingerprint density at radius 3 is 1.16 bits per heavy atom. The van der Waals surface area contributed by atoms with Crippen LogP contribution < -0.4 is 12.4 Å². The van der Waals surface area contributed by atoms with E-state index in [4.69, 9.17) is 5.11 Å². The van der Waals surface area contributed by atoms with Crippen LogP contribution in [0.15, 0.2) is 91.0 Å². The SMILES string of the molecule is Oc1ccccc1.[Cl-].[Zr+3].c1cc[cH-]c1.c1cc[cH-]c1. The standard InChI is InChI=1S/C6H6O.2C5H5.ClH.Zr/c7-6-4-2-1-3-5-6;2*1-2-4-5-3-1;;/h1-5,7H;2*1-5H;1H;/q;2*-1;;+3/p-1. The van der Waals surface area contributed by atoms with Gasteiger partial charge in [-0.25, -0.2) is 24.3 Å². The third kappa shape index (κ3) is 13.1. The second-order valence-corrected chi connectivity index (χ2v) is 3.26. The number of benzene rings is 1. The molecule has 0 heterocycles. The largest absolute Gasteiger partial charge is 3.00 e. The van der Waals surface area contributed by atoms with Crippen LogP contribution in [-0.2, 0) is 26.2 Å². The second kappa shape index (κ2) is 15.0. The summed E-state index contributed by atoms with van der Waals surface area (Å²) in [6.07, 6.45) is 0. The average molecular weight is 351 g/mol. The summed E-state index contributed by atoms with van der Waals surface area (Å²) in [5, 5.41) is 8.63. The van der Waals surface area contributed by atoms with Crippen LogP contribution in [-0.4, -0.2) is 5.11 Å². The van der Waals surface area contributed by atoms with Crippen molar-refractivity contribution in [1.82, 2.24) is 0 Å². The van der Waals surface area contributed by atoms with Crippen LogP contribution in [0.5, 0.6) is 5.75 Å². The van der Waals surface area contributed by atoms with Gasteiger partial charge < -0.3 is 17.5 Å². The molecule has 0 aliphatic heterocycles. The summed E-state index contributed by atoms with van der Waals surface area (Å²) in [6.45, 7) is 0. The van der Waals surface area contributed by atoms with E-state index in [1.165, 1.54) is 0 Å². The maximum Gasteiger partial charge on any atom is 3.00 e. The number of phenols is 1. The fraction of sp³-hybridized carbons (Fsp3) is 0. The van der Waals surface area contributed by atoms with Gasteiger partial charge in [0.05, 0.1) is 0 Å². The number of hydrogen-bond donors (Lipinski definition) is 1. The van der Waals surface area contributed by atoms with Crippen molar-refractivity contribution in [2.75, 3.05) is 0 Å². The summed E-state index contributed by atoms with van der Waals surface area (Å²) in [5.41, 5.74) is 0. The third-order valence-electron chi connectivity index (χ3n) is 1.87. The maximum absolute atomic E-state index is 8.63. The summed E-state index contributed by atoms with van der Waals surface area (Å²) in [7, 11) is 0. The van der Waals surface area contributed by atoms with Crippen molar-refractivity contribution in [3.8, 4) is 5.75 Å². The maximum atomic E-state index is 8.63. The van der Waals surface area contributed by atoms with Crippen molar-refractivity contribution in [2.24, 2.45) is 0 Å². The molecule has 0 amide bonds. The summed E-state index contributed by atoms with van der Waals surface area (Å²) in [5.74, 6) is 0.322. The van der Waals surface area contributed by atoms with E-state index in [2.05, 4.69) is 0 Å². The Bertz CT molecular complexity index is 374. The molecule has 3 rings (SSSR count). The van der Waals surface area contributed by atoms with Crippen LogP contribution in [0.4, 0.5) is 0 Å². The molecular formula is C16H16ClOZr. The fourth-order valence-electron chi connectivity index (χ4n) is 1.07. The molecule has 0 bridgehead atoms. The van der Waals surface area contributed by atoms with Gasteiger partial charge in [-0.2, -0.15) is 36.4 Å². The molecule has 0 saturated carbocycles. The molecule has 97 valence electrons. The summed E-state index contributed by atoms with van der Waals surface area (Å²) >= 11 is 0. The van der Waals surface area contributed by atoms with Gasteiger partial charge in [-0.15, -0.1) is 0 Å². The Hall–Kier alpha value is -1.11. The first kappa shape index (κ1) is 20.2. The molecule has 0 aliphatic carbocycles. The van der Waals surface area contributed by atoms with E-state index in [0.29, 0.717) is 5.75 Å². The van der Waals surface area contributed by atoms with Crippen LogP contribution >= 0.6 is 0 Å². The Morgan fingerprint density at radius 2 is 1.00 bits per heavy atom. The minimum atomic E-state index is 0. The van der Waals surface area contributed by atoms with Gasteiger partial charge >= 0.3 is 26.2 Å². The van der Waals surface area contributed by atoms with Crippen molar-refractivity contribution >= 4 is 0 Å². The van der Waals surface area contributed by atoms with E-state index in [1.54, 1.807) is 24.3 Å². The molecule has 0 aromatic heterocycles. The smallest absolute Gasteiger partial charge is 1.00 e. The van der Waals surface area contributed by atoms with Crippen LogP contribution in [0.1, 0.15) is 0 Å². The predicted molar refractivity (Wildman–Crippen MR) is 72.2 cm³/mol. The van der Waals surface area contributed by atoms with Gasteiger partial charge in [-0.05, 0) is 12.1 Å². The molecule has 1 nitrogen and oxygen atoms in total. The topological polar surface area (TPSA) is 20.2 Å². The monoisotopic (exact) mass is 349 g/mol. The number of phenolic OH excluding ortho intramolecular Hbond substituents is 1. The zero-order chi connectivity index (χ0) is 12.2. The van der Waals surface area contributed by atoms with Crippen molar-refractivity contribution in [1.29, 1.82) is 0 Å². The van der Waals surface area contributed by atoms with E-state index in [-0.39, 0.29) is 38.6 Å². The zero-order valence-corrected chi connectivity index (χ0v) is 13.7. The zero-order valence-electron chi connectivity index (χ0n) is 10.5. The third-order valence-corrected chi connectivity index (χ3v) is 1.87. The number of aromatic hydroxyl groups is 1. The Morgan fingerprint density at radius 1 is 0.632 bits per heavy atom. The van der Waals surface area contributed by atoms with Crippen LogP contribution in [0.2, 0.25) is 0 Å². The Kier molecular flexibility index (Phi) is 15.9. The van der Waals surface area contributed by atoms with E-state index in [1.807, 2.05) is 66.7 Å². The average Bonchev–Trinajstić information content (AvgIpc) is 3.09. The molecule has 0 atom stereocenters. The van der Waals surface area contributed by atoms with E-state index >= 15 is 0 Å². The van der Waals surface area contributed by atoms with Crippen LogP contribution in [0, 0.1) is 0 Å². The molecule has 0 spiro atoms. The van der Waals surface area contributed by atoms with Crippen molar-refractivity contribution in [3.05, 3.63) is 91.0 Å². The van der Waals surface area contributed by atoms with Gasteiger partial charge in [0, 0.05) is 0 Å². The molecule has 19 heavy (non-hydrogen) atoms. The number of para-hydroxylation sites is 1. The summed E-state index contributed by atoms with van der Waals surface area (Å²) < 4.78 is 0. The Balaban J connectivity index is 0. The van der Waals surface area contributed by atoms with Gasteiger partial charge in [0.25, 0.3) is 0 Å². The number of hydrogen-bond acceptors (Lipinski definition) is 1. The first-order chi connectivity index (χ1) is 8.39. The van der Waals surface area contributed by atoms with E-state index in [9.17, 15) is 0 Å². The molecule has 0 saturated heterocycles. The first-order valence-corrected chi connectivity index (χ1v) is 5.47. The van der Waals surface area contributed by atoms with Gasteiger partial charge in [-0.1, -0.05) is 18.2 Å². The van der Waals surface area contributed by atoms with Crippen LogP contribution in [0.3, 0.4) is 0 Å². The second-order valence-electron chi connectivity index (χ2n) is 3.26. The van der Waals surface area contributed by atoms with Gasteiger partial charge in [-0.3, -0.25) is 0 Å². The molecule has 1 N–H and O–H groups in total. The number of rotatable bonds is 0. The first-order valence-electron chi connectivity index (χ1n) is 5.47. The fourth-order valence-corrected chi connectivity index (χ4v) is 1.07. The quantitative estimate of drug-likeness (QED) is 0.604. The molecule has 0 unspecified atom stereocenters.